The SMILES string of the molecule is COc1cc2c(cc1OC)CN(C(CN)CO)CC2. The Labute approximate surface area is 113 Å². The minimum absolute atomic E-state index is 0.0289. The first kappa shape index (κ1) is 14.1. The van der Waals surface area contributed by atoms with Crippen LogP contribution >= 0.6 is 0 Å². The molecule has 5 nitrogen and oxygen atoms in total. The first-order chi connectivity index (χ1) is 9.23. The van der Waals surface area contributed by atoms with Crippen LogP contribution < -0.4 is 15.2 Å². The maximum absolute atomic E-state index is 9.34. The van der Waals surface area contributed by atoms with Crippen molar-refractivity contribution in [2.45, 2.75) is 19.0 Å². The smallest absolute Gasteiger partial charge is 0.161 e. The van der Waals surface area contributed by atoms with Crippen molar-refractivity contribution in [1.82, 2.24) is 4.90 Å². The first-order valence-corrected chi connectivity index (χ1v) is 6.52. The number of nitrogens with zero attached hydrogens (tertiary/aromatic N) is 1. The maximum Gasteiger partial charge on any atom is 0.161 e. The molecule has 1 atom stereocenters. The Morgan fingerprint density at radius 1 is 1.26 bits per heavy atom. The fraction of sp³-hybridized carbons (Fsp3) is 0.571. The highest BCUT2D eigenvalue weighted by atomic mass is 16.5. The summed E-state index contributed by atoms with van der Waals surface area (Å²) in [7, 11) is 3.29. The van der Waals surface area contributed by atoms with Crippen LogP contribution in [0.5, 0.6) is 11.5 Å². The van der Waals surface area contributed by atoms with Crippen LogP contribution in [0.2, 0.25) is 0 Å². The largest absolute Gasteiger partial charge is 0.493 e. The normalized spacial score (nSPS) is 16.8. The van der Waals surface area contributed by atoms with Gasteiger partial charge in [-0.25, -0.2) is 0 Å². The number of benzene rings is 1. The summed E-state index contributed by atoms with van der Waals surface area (Å²) in [6, 6.07) is 4.09. The van der Waals surface area contributed by atoms with Crippen molar-refractivity contribution >= 4 is 0 Å². The molecule has 0 bridgehead atoms. The van der Waals surface area contributed by atoms with Crippen molar-refractivity contribution in [3.8, 4) is 11.5 Å². The molecule has 2 rings (SSSR count). The van der Waals surface area contributed by atoms with E-state index >= 15 is 0 Å². The second kappa shape index (κ2) is 6.23. The summed E-state index contributed by atoms with van der Waals surface area (Å²) in [6.45, 7) is 2.27. The van der Waals surface area contributed by atoms with Crippen LogP contribution in [-0.2, 0) is 13.0 Å². The monoisotopic (exact) mass is 266 g/mol. The number of rotatable bonds is 5. The lowest BCUT2D eigenvalue weighted by molar-refractivity contribution is 0.116. The van der Waals surface area contributed by atoms with Crippen molar-refractivity contribution in [3.05, 3.63) is 23.3 Å². The maximum atomic E-state index is 9.34. The van der Waals surface area contributed by atoms with E-state index in [0.717, 1.165) is 31.0 Å². The topological polar surface area (TPSA) is 68.0 Å². The highest BCUT2D eigenvalue weighted by molar-refractivity contribution is 5.48. The summed E-state index contributed by atoms with van der Waals surface area (Å²) in [5, 5.41) is 9.34. The van der Waals surface area contributed by atoms with Gasteiger partial charge in [-0.3, -0.25) is 4.90 Å². The van der Waals surface area contributed by atoms with Gasteiger partial charge in [0.2, 0.25) is 0 Å². The number of aliphatic hydroxyl groups excluding tert-OH is 1. The van der Waals surface area contributed by atoms with Crippen LogP contribution in [0.15, 0.2) is 12.1 Å². The summed E-state index contributed by atoms with van der Waals surface area (Å²) >= 11 is 0. The molecule has 0 fully saturated rings. The summed E-state index contributed by atoms with van der Waals surface area (Å²) in [5.41, 5.74) is 8.19. The van der Waals surface area contributed by atoms with E-state index in [2.05, 4.69) is 4.90 Å². The molecule has 0 spiro atoms. The molecule has 1 heterocycles. The molecule has 3 N–H and O–H groups in total. The predicted molar refractivity (Wildman–Crippen MR) is 73.6 cm³/mol. The van der Waals surface area contributed by atoms with Crippen molar-refractivity contribution in [2.75, 3.05) is 33.9 Å². The minimum atomic E-state index is 0.0289. The third kappa shape index (κ3) is 2.83. The number of nitrogens with two attached hydrogens (primary N) is 1. The zero-order valence-corrected chi connectivity index (χ0v) is 11.6. The van der Waals surface area contributed by atoms with E-state index in [1.807, 2.05) is 12.1 Å². The van der Waals surface area contributed by atoms with E-state index in [4.69, 9.17) is 15.2 Å². The molecule has 0 saturated heterocycles. The second-order valence-electron chi connectivity index (χ2n) is 4.77. The van der Waals surface area contributed by atoms with Gasteiger partial charge < -0.3 is 20.3 Å². The predicted octanol–water partition coefficient (Wildman–Crippen LogP) is 0.381. The summed E-state index contributed by atoms with van der Waals surface area (Å²) < 4.78 is 10.7. The molecular weight excluding hydrogens is 244 g/mol. The molecule has 19 heavy (non-hydrogen) atoms. The van der Waals surface area contributed by atoms with Crippen LogP contribution in [0.1, 0.15) is 11.1 Å². The van der Waals surface area contributed by atoms with Crippen LogP contribution in [0.4, 0.5) is 0 Å². The van der Waals surface area contributed by atoms with Gasteiger partial charge in [0.05, 0.1) is 20.8 Å². The van der Waals surface area contributed by atoms with Crippen molar-refractivity contribution < 1.29 is 14.6 Å². The quantitative estimate of drug-likeness (QED) is 0.806. The molecule has 1 aromatic carbocycles. The molecule has 0 amide bonds. The molecule has 0 aromatic heterocycles. The summed E-state index contributed by atoms with van der Waals surface area (Å²) in [5.74, 6) is 1.52. The van der Waals surface area contributed by atoms with E-state index in [1.165, 1.54) is 11.1 Å². The van der Waals surface area contributed by atoms with Crippen molar-refractivity contribution in [3.63, 3.8) is 0 Å². The average Bonchev–Trinajstić information content (AvgIpc) is 2.46. The Balaban J connectivity index is 2.24. The van der Waals surface area contributed by atoms with Crippen LogP contribution in [0, 0.1) is 0 Å². The lowest BCUT2D eigenvalue weighted by atomic mass is 9.97. The van der Waals surface area contributed by atoms with Gasteiger partial charge >= 0.3 is 0 Å². The van der Waals surface area contributed by atoms with E-state index in [0.29, 0.717) is 6.54 Å². The summed E-state index contributed by atoms with van der Waals surface area (Å²) in [6.07, 6.45) is 0.937. The van der Waals surface area contributed by atoms with E-state index in [-0.39, 0.29) is 12.6 Å². The molecule has 1 aliphatic heterocycles. The first-order valence-electron chi connectivity index (χ1n) is 6.52. The van der Waals surface area contributed by atoms with Crippen LogP contribution in [0.3, 0.4) is 0 Å². The molecular formula is C14H22N2O3. The van der Waals surface area contributed by atoms with Gasteiger partial charge in [0.15, 0.2) is 11.5 Å². The van der Waals surface area contributed by atoms with Gasteiger partial charge in [0, 0.05) is 25.7 Å². The molecule has 0 aliphatic carbocycles. The van der Waals surface area contributed by atoms with Gasteiger partial charge in [-0.1, -0.05) is 0 Å². The fourth-order valence-electron chi connectivity index (χ4n) is 2.56. The third-order valence-corrected chi connectivity index (χ3v) is 3.75. The molecule has 1 aromatic rings. The molecule has 0 radical (unpaired) electrons. The highest BCUT2D eigenvalue weighted by Gasteiger charge is 2.23. The van der Waals surface area contributed by atoms with Crippen LogP contribution in [-0.4, -0.2) is 50.0 Å². The highest BCUT2D eigenvalue weighted by Crippen LogP contribution is 2.33. The number of aliphatic hydroxyl groups is 1. The molecule has 1 unspecified atom stereocenters. The number of hydrogen-bond donors (Lipinski definition) is 2. The minimum Gasteiger partial charge on any atom is -0.493 e. The van der Waals surface area contributed by atoms with Gasteiger partial charge in [0.25, 0.3) is 0 Å². The number of hydrogen-bond acceptors (Lipinski definition) is 5. The second-order valence-corrected chi connectivity index (χ2v) is 4.77. The van der Waals surface area contributed by atoms with Gasteiger partial charge in [-0.15, -0.1) is 0 Å². The molecule has 1 aliphatic rings. The Morgan fingerprint density at radius 2 is 1.89 bits per heavy atom. The average molecular weight is 266 g/mol. The zero-order valence-electron chi connectivity index (χ0n) is 11.6. The Kier molecular flexibility index (Phi) is 4.63. The van der Waals surface area contributed by atoms with Gasteiger partial charge in [-0.2, -0.15) is 0 Å². The number of methoxy groups -OCH3 is 2. The number of fused-ring (bicyclic) bond motifs is 1. The molecule has 5 heteroatoms. The lowest BCUT2D eigenvalue weighted by Gasteiger charge is -2.34. The van der Waals surface area contributed by atoms with E-state index < -0.39 is 0 Å². The van der Waals surface area contributed by atoms with E-state index in [1.54, 1.807) is 14.2 Å². The summed E-state index contributed by atoms with van der Waals surface area (Å²) in [4.78, 5) is 2.22. The Hall–Kier alpha value is -1.30. The Bertz CT molecular complexity index is 433. The lowest BCUT2D eigenvalue weighted by Crippen LogP contribution is -2.45. The number of ether oxygens (including phenoxy) is 2. The molecule has 0 saturated carbocycles. The molecule has 106 valence electrons. The van der Waals surface area contributed by atoms with Crippen LogP contribution in [0.25, 0.3) is 0 Å². The fourth-order valence-corrected chi connectivity index (χ4v) is 2.56. The third-order valence-electron chi connectivity index (χ3n) is 3.75. The van der Waals surface area contributed by atoms with Crippen molar-refractivity contribution in [2.24, 2.45) is 5.73 Å². The zero-order chi connectivity index (χ0) is 13.8. The van der Waals surface area contributed by atoms with Crippen molar-refractivity contribution in [1.29, 1.82) is 0 Å². The van der Waals surface area contributed by atoms with Gasteiger partial charge in [0.1, 0.15) is 0 Å². The Morgan fingerprint density at radius 3 is 2.42 bits per heavy atom. The van der Waals surface area contributed by atoms with Gasteiger partial charge in [-0.05, 0) is 29.7 Å². The van der Waals surface area contributed by atoms with E-state index in [9.17, 15) is 5.11 Å². The standard InChI is InChI=1S/C14H22N2O3/c1-18-13-5-10-3-4-16(12(7-15)9-17)8-11(10)6-14(13)19-2/h5-6,12,17H,3-4,7-9,15H2,1-2H3.